The Hall–Kier alpha value is -4.75. The van der Waals surface area contributed by atoms with Gasteiger partial charge in [0, 0.05) is 49.4 Å². The summed E-state index contributed by atoms with van der Waals surface area (Å²) in [4.78, 5) is 17.2. The fraction of sp³-hybridized carbons (Fsp3) is 0.250. The molecule has 2 N–H and O–H groups in total. The summed E-state index contributed by atoms with van der Waals surface area (Å²) in [7, 11) is 1.51. The third-order valence-corrected chi connectivity index (χ3v) is 5.99. The fourth-order valence-electron chi connectivity index (χ4n) is 4.03. The van der Waals surface area contributed by atoms with E-state index >= 15 is 8.78 Å². The van der Waals surface area contributed by atoms with Crippen LogP contribution < -0.4 is 14.8 Å². The van der Waals surface area contributed by atoms with Crippen LogP contribution in [0.4, 0.5) is 20.4 Å². The van der Waals surface area contributed by atoms with Crippen molar-refractivity contribution in [3.63, 3.8) is 0 Å². The lowest BCUT2D eigenvalue weighted by Gasteiger charge is -2.12. The number of methoxy groups -OCH3 is 1. The summed E-state index contributed by atoms with van der Waals surface area (Å²) in [6.07, 6.45) is 4.90. The van der Waals surface area contributed by atoms with E-state index in [2.05, 4.69) is 30.4 Å². The van der Waals surface area contributed by atoms with Crippen LogP contribution in [0.15, 0.2) is 61.2 Å². The lowest BCUT2D eigenvalue weighted by molar-refractivity contribution is 0.146. The summed E-state index contributed by atoms with van der Waals surface area (Å²) in [6.45, 7) is 0.512. The van der Waals surface area contributed by atoms with Crippen LogP contribution in [0.2, 0.25) is 0 Å². The van der Waals surface area contributed by atoms with Gasteiger partial charge in [0.1, 0.15) is 41.8 Å². The molecule has 0 bridgehead atoms. The number of halogens is 2. The van der Waals surface area contributed by atoms with Crippen LogP contribution in [-0.2, 0) is 11.3 Å². The van der Waals surface area contributed by atoms with Crippen LogP contribution in [0.3, 0.4) is 0 Å². The molecule has 0 unspecified atom stereocenters. The fourth-order valence-corrected chi connectivity index (χ4v) is 4.03. The number of hydrogen-bond donors (Lipinski definition) is 2. The number of ether oxygens (including phenoxy) is 3. The standard InChI is InChI=1S/C28H27F2N7O4/c1-39-11-12-40-18-13-21(29)20(22(30)14-18)16-37-23-6-3-2-5-19(23)26(36-37)28-32-15-24(41-10-4-9-38)27(35-28)34-25-7-8-31-17-33-25/h2-3,5-8,13-15,17,38H,4,9-12,16H2,1H3,(H,31,32,33,34,35). The minimum absolute atomic E-state index is 0.0260. The first kappa shape index (κ1) is 27.8. The van der Waals surface area contributed by atoms with Crippen LogP contribution in [0.25, 0.3) is 22.4 Å². The Bertz CT molecular complexity index is 1600. The third-order valence-electron chi connectivity index (χ3n) is 5.99. The largest absolute Gasteiger partial charge is 0.491 e. The molecular weight excluding hydrogens is 536 g/mol. The molecule has 0 fully saturated rings. The van der Waals surface area contributed by atoms with Gasteiger partial charge in [-0.1, -0.05) is 18.2 Å². The van der Waals surface area contributed by atoms with Gasteiger partial charge in [-0.3, -0.25) is 4.68 Å². The second-order valence-corrected chi connectivity index (χ2v) is 8.78. The molecule has 11 nitrogen and oxygen atoms in total. The first-order valence-corrected chi connectivity index (χ1v) is 12.8. The van der Waals surface area contributed by atoms with Crippen molar-refractivity contribution in [2.45, 2.75) is 13.0 Å². The summed E-state index contributed by atoms with van der Waals surface area (Å²) >= 11 is 0. The lowest BCUT2D eigenvalue weighted by Crippen LogP contribution is -2.09. The Labute approximate surface area is 233 Å². The first-order chi connectivity index (χ1) is 20.1. The molecule has 0 aliphatic carbocycles. The molecule has 212 valence electrons. The third kappa shape index (κ3) is 6.53. The number of aromatic nitrogens is 6. The maximum atomic E-state index is 15.0. The minimum Gasteiger partial charge on any atom is -0.491 e. The summed E-state index contributed by atoms with van der Waals surface area (Å²) in [6, 6.07) is 11.2. The highest BCUT2D eigenvalue weighted by Gasteiger charge is 2.20. The van der Waals surface area contributed by atoms with Crippen molar-refractivity contribution < 1.29 is 28.1 Å². The minimum atomic E-state index is -0.754. The highest BCUT2D eigenvalue weighted by Crippen LogP contribution is 2.31. The van der Waals surface area contributed by atoms with Crippen molar-refractivity contribution in [1.82, 2.24) is 29.7 Å². The molecule has 2 aromatic carbocycles. The lowest BCUT2D eigenvalue weighted by atomic mass is 10.1. The van der Waals surface area contributed by atoms with Crippen molar-refractivity contribution >= 4 is 22.5 Å². The molecule has 0 spiro atoms. The molecule has 0 amide bonds. The smallest absolute Gasteiger partial charge is 0.183 e. The van der Waals surface area contributed by atoms with E-state index in [0.717, 1.165) is 12.1 Å². The second-order valence-electron chi connectivity index (χ2n) is 8.78. The Morgan fingerprint density at radius 3 is 2.59 bits per heavy atom. The molecule has 0 saturated heterocycles. The predicted octanol–water partition coefficient (Wildman–Crippen LogP) is 4.14. The van der Waals surface area contributed by atoms with E-state index in [0.29, 0.717) is 47.0 Å². The molecule has 41 heavy (non-hydrogen) atoms. The molecule has 0 radical (unpaired) electrons. The number of aliphatic hydroxyl groups is 1. The Morgan fingerprint density at radius 1 is 1.00 bits per heavy atom. The van der Waals surface area contributed by atoms with Gasteiger partial charge < -0.3 is 24.6 Å². The maximum absolute atomic E-state index is 15.0. The van der Waals surface area contributed by atoms with E-state index in [4.69, 9.17) is 19.3 Å². The molecule has 0 aliphatic heterocycles. The van der Waals surface area contributed by atoms with Crippen molar-refractivity contribution in [2.24, 2.45) is 0 Å². The van der Waals surface area contributed by atoms with Crippen molar-refractivity contribution in [3.05, 3.63) is 78.4 Å². The molecule has 3 heterocycles. The zero-order valence-corrected chi connectivity index (χ0v) is 22.1. The average Bonchev–Trinajstić information content (AvgIpc) is 3.35. The molecule has 13 heteroatoms. The van der Waals surface area contributed by atoms with E-state index in [1.54, 1.807) is 18.3 Å². The van der Waals surface area contributed by atoms with E-state index in [1.165, 1.54) is 24.3 Å². The average molecular weight is 564 g/mol. The van der Waals surface area contributed by atoms with Gasteiger partial charge in [0.2, 0.25) is 0 Å². The number of benzene rings is 2. The first-order valence-electron chi connectivity index (χ1n) is 12.8. The van der Waals surface area contributed by atoms with Crippen molar-refractivity contribution in [2.75, 3.05) is 38.9 Å². The molecule has 5 aromatic rings. The van der Waals surface area contributed by atoms with Gasteiger partial charge in [0.15, 0.2) is 17.4 Å². The number of fused-ring (bicyclic) bond motifs is 1. The van der Waals surface area contributed by atoms with E-state index in [1.807, 2.05) is 18.2 Å². The predicted molar refractivity (Wildman–Crippen MR) is 146 cm³/mol. The molecule has 0 atom stereocenters. The summed E-state index contributed by atoms with van der Waals surface area (Å²) in [5, 5.41) is 17.6. The summed E-state index contributed by atoms with van der Waals surface area (Å²) in [5.74, 6) is -0.0225. The van der Waals surface area contributed by atoms with Gasteiger partial charge in [0.05, 0.1) is 31.5 Å². The molecule has 0 aliphatic rings. The van der Waals surface area contributed by atoms with Gasteiger partial charge in [-0.05, 0) is 12.1 Å². The summed E-state index contributed by atoms with van der Waals surface area (Å²) in [5.41, 5.74) is 0.885. The number of anilines is 2. The topological polar surface area (TPSA) is 129 Å². The Kier molecular flexibility index (Phi) is 8.86. The number of aliphatic hydroxyl groups excluding tert-OH is 1. The van der Waals surface area contributed by atoms with Gasteiger partial charge >= 0.3 is 0 Å². The Morgan fingerprint density at radius 2 is 1.83 bits per heavy atom. The van der Waals surface area contributed by atoms with Crippen LogP contribution in [0.5, 0.6) is 11.5 Å². The van der Waals surface area contributed by atoms with E-state index < -0.39 is 11.6 Å². The van der Waals surface area contributed by atoms with Gasteiger partial charge in [-0.25, -0.2) is 28.7 Å². The van der Waals surface area contributed by atoms with Crippen LogP contribution in [0.1, 0.15) is 12.0 Å². The van der Waals surface area contributed by atoms with Gasteiger partial charge in [-0.2, -0.15) is 5.10 Å². The molecular formula is C28H27F2N7O4. The van der Waals surface area contributed by atoms with Crippen LogP contribution in [-0.4, -0.2) is 68.4 Å². The quantitative estimate of drug-likeness (QED) is 0.202. The van der Waals surface area contributed by atoms with Gasteiger partial charge in [0.25, 0.3) is 0 Å². The monoisotopic (exact) mass is 563 g/mol. The Balaban J connectivity index is 1.50. The normalized spacial score (nSPS) is 11.1. The summed E-state index contributed by atoms with van der Waals surface area (Å²) < 4.78 is 47.5. The van der Waals surface area contributed by atoms with E-state index in [-0.39, 0.29) is 43.5 Å². The highest BCUT2D eigenvalue weighted by molar-refractivity contribution is 5.92. The number of rotatable bonds is 13. The maximum Gasteiger partial charge on any atom is 0.183 e. The molecule has 0 saturated carbocycles. The van der Waals surface area contributed by atoms with Crippen LogP contribution >= 0.6 is 0 Å². The number of nitrogens with zero attached hydrogens (tertiary/aromatic N) is 6. The zero-order valence-electron chi connectivity index (χ0n) is 22.1. The highest BCUT2D eigenvalue weighted by atomic mass is 19.1. The van der Waals surface area contributed by atoms with Crippen LogP contribution in [0, 0.1) is 11.6 Å². The van der Waals surface area contributed by atoms with Crippen molar-refractivity contribution in [1.29, 1.82) is 0 Å². The van der Waals surface area contributed by atoms with E-state index in [9.17, 15) is 0 Å². The second kappa shape index (κ2) is 13.1. The SMILES string of the molecule is COCCOc1cc(F)c(Cn2nc(-c3ncc(OCCCO)c(Nc4ccncn4)n3)c3ccccc32)c(F)c1. The molecule has 3 aromatic heterocycles. The number of nitrogens with one attached hydrogen (secondary N) is 1. The number of para-hydroxylation sites is 1. The van der Waals surface area contributed by atoms with Gasteiger partial charge in [-0.15, -0.1) is 0 Å². The molecule has 5 rings (SSSR count). The zero-order chi connectivity index (χ0) is 28.6. The van der Waals surface area contributed by atoms with Crippen molar-refractivity contribution in [3.8, 4) is 23.0 Å². The number of hydrogen-bond acceptors (Lipinski definition) is 10.